The van der Waals surface area contributed by atoms with Crippen LogP contribution in [0.15, 0.2) is 10.5 Å². The minimum Gasteiger partial charge on any atom is -0.324 e. The number of nitrogens with two attached hydrogens (primary N) is 1. The van der Waals surface area contributed by atoms with Gasteiger partial charge in [-0.2, -0.15) is 0 Å². The Morgan fingerprint density at radius 2 is 2.00 bits per heavy atom. The first-order valence-corrected chi connectivity index (χ1v) is 6.19. The van der Waals surface area contributed by atoms with Crippen LogP contribution in [0.1, 0.15) is 48.6 Å². The maximum atomic E-state index is 6.24. The van der Waals surface area contributed by atoms with Crippen LogP contribution in [0.5, 0.6) is 0 Å². The van der Waals surface area contributed by atoms with Gasteiger partial charge in [-0.05, 0) is 54.0 Å². The summed E-state index contributed by atoms with van der Waals surface area (Å²) in [5, 5.41) is 0. The molecule has 0 radical (unpaired) electrons. The van der Waals surface area contributed by atoms with Crippen molar-refractivity contribution in [1.82, 2.24) is 0 Å². The summed E-state index contributed by atoms with van der Waals surface area (Å²) >= 11 is 3.61. The van der Waals surface area contributed by atoms with Crippen LogP contribution in [0.4, 0.5) is 0 Å². The quantitative estimate of drug-likeness (QED) is 0.762. The van der Waals surface area contributed by atoms with E-state index in [1.165, 1.54) is 26.7 Å². The number of hydrogen-bond donors (Lipinski definition) is 1. The van der Waals surface area contributed by atoms with Gasteiger partial charge in [-0.1, -0.05) is 29.8 Å². The standard InChI is InChI=1S/C13H18BrN/c1-7-5-9(14)8(2)11-10(15)6-13(3,4)12(7)11/h5,10H,6,15H2,1-4H3. The number of hydrogen-bond acceptors (Lipinski definition) is 1. The maximum Gasteiger partial charge on any atom is 0.0309 e. The monoisotopic (exact) mass is 267 g/mol. The molecular weight excluding hydrogens is 250 g/mol. The average molecular weight is 268 g/mol. The molecule has 1 aromatic carbocycles. The fourth-order valence-electron chi connectivity index (χ4n) is 3.01. The third kappa shape index (κ3) is 1.55. The van der Waals surface area contributed by atoms with E-state index in [1.54, 1.807) is 0 Å². The van der Waals surface area contributed by atoms with Gasteiger partial charge in [0.2, 0.25) is 0 Å². The molecule has 0 aromatic heterocycles. The Hall–Kier alpha value is -0.340. The van der Waals surface area contributed by atoms with E-state index in [4.69, 9.17) is 5.73 Å². The number of benzene rings is 1. The van der Waals surface area contributed by atoms with Crippen molar-refractivity contribution in [2.45, 2.75) is 45.6 Å². The van der Waals surface area contributed by atoms with Crippen LogP contribution < -0.4 is 5.73 Å². The van der Waals surface area contributed by atoms with Gasteiger partial charge in [-0.25, -0.2) is 0 Å². The predicted octanol–water partition coefficient (Wildman–Crippen LogP) is 3.75. The molecule has 1 aromatic rings. The van der Waals surface area contributed by atoms with Crippen molar-refractivity contribution in [2.24, 2.45) is 5.73 Å². The van der Waals surface area contributed by atoms with E-state index in [1.807, 2.05) is 0 Å². The second-order valence-electron chi connectivity index (χ2n) is 5.28. The van der Waals surface area contributed by atoms with E-state index in [2.05, 4.69) is 49.7 Å². The Morgan fingerprint density at radius 3 is 2.60 bits per heavy atom. The van der Waals surface area contributed by atoms with Crippen LogP contribution in [0.3, 0.4) is 0 Å². The lowest BCUT2D eigenvalue weighted by atomic mass is 9.83. The minimum absolute atomic E-state index is 0.200. The Labute approximate surface area is 100 Å². The van der Waals surface area contributed by atoms with Crippen molar-refractivity contribution in [1.29, 1.82) is 0 Å². The van der Waals surface area contributed by atoms with Crippen molar-refractivity contribution in [3.05, 3.63) is 32.8 Å². The van der Waals surface area contributed by atoms with Crippen LogP contribution in [0.2, 0.25) is 0 Å². The normalized spacial score (nSPS) is 22.9. The second kappa shape index (κ2) is 3.33. The average Bonchev–Trinajstić information content (AvgIpc) is 2.32. The van der Waals surface area contributed by atoms with Crippen LogP contribution in [0.25, 0.3) is 0 Å². The van der Waals surface area contributed by atoms with Crippen molar-refractivity contribution in [3.8, 4) is 0 Å². The van der Waals surface area contributed by atoms with Crippen molar-refractivity contribution in [2.75, 3.05) is 0 Å². The molecule has 0 amide bonds. The molecule has 2 rings (SSSR count). The lowest BCUT2D eigenvalue weighted by Crippen LogP contribution is -2.15. The molecule has 2 N–H and O–H groups in total. The zero-order chi connectivity index (χ0) is 11.4. The Bertz CT molecular complexity index is 421. The second-order valence-corrected chi connectivity index (χ2v) is 6.14. The molecule has 1 aliphatic carbocycles. The first-order chi connectivity index (χ1) is 6.84. The van der Waals surface area contributed by atoms with Gasteiger partial charge in [-0.15, -0.1) is 0 Å². The molecule has 1 unspecified atom stereocenters. The number of fused-ring (bicyclic) bond motifs is 1. The number of rotatable bonds is 0. The van der Waals surface area contributed by atoms with Gasteiger partial charge in [0.15, 0.2) is 0 Å². The van der Waals surface area contributed by atoms with Crippen molar-refractivity contribution >= 4 is 15.9 Å². The Balaban J connectivity index is 2.78. The molecule has 0 bridgehead atoms. The summed E-state index contributed by atoms with van der Waals surface area (Å²) in [6.07, 6.45) is 1.06. The zero-order valence-corrected chi connectivity index (χ0v) is 11.4. The topological polar surface area (TPSA) is 26.0 Å². The summed E-state index contributed by atoms with van der Waals surface area (Å²) in [4.78, 5) is 0. The van der Waals surface area contributed by atoms with Crippen LogP contribution in [0, 0.1) is 13.8 Å². The highest BCUT2D eigenvalue weighted by atomic mass is 79.9. The highest BCUT2D eigenvalue weighted by Crippen LogP contribution is 2.47. The summed E-state index contributed by atoms with van der Waals surface area (Å²) in [5.41, 5.74) is 12.0. The summed E-state index contributed by atoms with van der Waals surface area (Å²) in [6, 6.07) is 2.42. The highest BCUT2D eigenvalue weighted by Gasteiger charge is 2.37. The van der Waals surface area contributed by atoms with Crippen LogP contribution >= 0.6 is 15.9 Å². The van der Waals surface area contributed by atoms with E-state index in [0.29, 0.717) is 0 Å². The molecule has 15 heavy (non-hydrogen) atoms. The molecule has 0 saturated carbocycles. The van der Waals surface area contributed by atoms with Gasteiger partial charge >= 0.3 is 0 Å². The summed E-state index contributed by atoms with van der Waals surface area (Å²) in [7, 11) is 0. The molecule has 1 atom stereocenters. The molecule has 0 aliphatic heterocycles. The van der Waals surface area contributed by atoms with Gasteiger partial charge in [0, 0.05) is 10.5 Å². The molecule has 1 nitrogen and oxygen atoms in total. The Kier molecular flexibility index (Phi) is 2.47. The third-order valence-electron chi connectivity index (χ3n) is 3.55. The molecule has 2 heteroatoms. The smallest absolute Gasteiger partial charge is 0.0309 e. The Morgan fingerprint density at radius 1 is 1.40 bits per heavy atom. The molecular formula is C13H18BrN. The fraction of sp³-hybridized carbons (Fsp3) is 0.538. The minimum atomic E-state index is 0.200. The zero-order valence-electron chi connectivity index (χ0n) is 9.82. The number of halogens is 1. The predicted molar refractivity (Wildman–Crippen MR) is 68.2 cm³/mol. The SMILES string of the molecule is Cc1cc(Br)c(C)c2c1C(C)(C)CC2N. The summed E-state index contributed by atoms with van der Waals surface area (Å²) < 4.78 is 1.19. The molecule has 0 fully saturated rings. The lowest BCUT2D eigenvalue weighted by molar-refractivity contribution is 0.480. The lowest BCUT2D eigenvalue weighted by Gasteiger charge is -2.22. The highest BCUT2D eigenvalue weighted by molar-refractivity contribution is 9.10. The van der Waals surface area contributed by atoms with Crippen molar-refractivity contribution in [3.63, 3.8) is 0 Å². The van der Waals surface area contributed by atoms with Gasteiger partial charge in [0.25, 0.3) is 0 Å². The van der Waals surface area contributed by atoms with Crippen LogP contribution in [-0.4, -0.2) is 0 Å². The van der Waals surface area contributed by atoms with E-state index in [-0.39, 0.29) is 11.5 Å². The van der Waals surface area contributed by atoms with E-state index < -0.39 is 0 Å². The first kappa shape index (κ1) is 11.2. The van der Waals surface area contributed by atoms with E-state index in [0.717, 1.165) is 6.42 Å². The molecule has 1 aliphatic rings. The van der Waals surface area contributed by atoms with Gasteiger partial charge in [-0.3, -0.25) is 0 Å². The maximum absolute atomic E-state index is 6.24. The van der Waals surface area contributed by atoms with Gasteiger partial charge in [0.05, 0.1) is 0 Å². The molecule has 82 valence electrons. The summed E-state index contributed by atoms with van der Waals surface area (Å²) in [5.74, 6) is 0. The first-order valence-electron chi connectivity index (χ1n) is 5.40. The van der Waals surface area contributed by atoms with Gasteiger partial charge < -0.3 is 5.73 Å². The van der Waals surface area contributed by atoms with E-state index >= 15 is 0 Å². The third-order valence-corrected chi connectivity index (χ3v) is 4.37. The van der Waals surface area contributed by atoms with Crippen LogP contribution in [-0.2, 0) is 5.41 Å². The van der Waals surface area contributed by atoms with Crippen molar-refractivity contribution < 1.29 is 0 Å². The largest absolute Gasteiger partial charge is 0.324 e. The number of aryl methyl sites for hydroxylation is 1. The van der Waals surface area contributed by atoms with Gasteiger partial charge in [0.1, 0.15) is 0 Å². The molecule has 0 spiro atoms. The fourth-order valence-corrected chi connectivity index (χ4v) is 3.57. The molecule has 0 saturated heterocycles. The van der Waals surface area contributed by atoms with E-state index in [9.17, 15) is 0 Å². The molecule has 0 heterocycles. The summed E-state index contributed by atoms with van der Waals surface area (Å²) in [6.45, 7) is 8.92.